The zero-order valence-electron chi connectivity index (χ0n) is 24.9. The quantitative estimate of drug-likeness (QED) is 0.347. The maximum absolute atomic E-state index is 14.4. The summed E-state index contributed by atoms with van der Waals surface area (Å²) in [7, 11) is 1.38. The van der Waals surface area contributed by atoms with Crippen LogP contribution in [0.2, 0.25) is 0 Å². The number of amides is 6. The summed E-state index contributed by atoms with van der Waals surface area (Å²) in [5, 5.41) is 5.22. The second-order valence-electron chi connectivity index (χ2n) is 12.0. The van der Waals surface area contributed by atoms with E-state index in [1.807, 2.05) is 0 Å². The summed E-state index contributed by atoms with van der Waals surface area (Å²) < 4.78 is 53.9. The summed E-state index contributed by atoms with van der Waals surface area (Å²) in [5.41, 5.74) is -2.32. The monoisotopic (exact) mass is 631 g/mol. The van der Waals surface area contributed by atoms with Crippen LogP contribution in [0.4, 0.5) is 33.7 Å². The lowest BCUT2D eigenvalue weighted by atomic mass is 9.85. The molecule has 2 aromatic carbocycles. The lowest BCUT2D eigenvalue weighted by Gasteiger charge is -2.43. The van der Waals surface area contributed by atoms with Crippen molar-refractivity contribution < 1.29 is 41.5 Å². The normalized spacial score (nSPS) is 18.9. The van der Waals surface area contributed by atoms with Gasteiger partial charge in [0.15, 0.2) is 0 Å². The molecule has 2 heterocycles. The number of alkyl halides is 3. The topological polar surface area (TPSA) is 119 Å². The summed E-state index contributed by atoms with van der Waals surface area (Å²) in [4.78, 5) is 69.2. The molecule has 1 saturated carbocycles. The Labute approximate surface area is 256 Å². The van der Waals surface area contributed by atoms with Crippen molar-refractivity contribution in [1.82, 2.24) is 15.1 Å². The number of nitrogens with one attached hydrogen (secondary N) is 2. The van der Waals surface area contributed by atoms with E-state index >= 15 is 0 Å². The fourth-order valence-corrected chi connectivity index (χ4v) is 5.81. The number of likely N-dealkylation sites (N-methyl/N-ethyl adjacent to an activating group) is 1. The third-order valence-corrected chi connectivity index (χ3v) is 8.61. The molecule has 3 aliphatic rings. The second kappa shape index (κ2) is 11.8. The van der Waals surface area contributed by atoms with Gasteiger partial charge in [-0.15, -0.1) is 0 Å². The predicted molar refractivity (Wildman–Crippen MR) is 154 cm³/mol. The molecular formula is C31H33F4N5O5. The minimum atomic E-state index is -4.80. The molecule has 1 aliphatic carbocycles. The molecule has 5 rings (SSSR count). The number of nitrogens with zero attached hydrogens (tertiary/aromatic N) is 3. The first-order valence-electron chi connectivity index (χ1n) is 14.6. The number of hydrogen-bond acceptors (Lipinski definition) is 5. The first-order valence-corrected chi connectivity index (χ1v) is 14.6. The van der Waals surface area contributed by atoms with Gasteiger partial charge in [-0.3, -0.25) is 29.0 Å². The van der Waals surface area contributed by atoms with Gasteiger partial charge in [0, 0.05) is 37.4 Å². The maximum atomic E-state index is 14.4. The summed E-state index contributed by atoms with van der Waals surface area (Å²) in [6.45, 7) is 3.33. The molecule has 10 nitrogen and oxygen atoms in total. The molecule has 1 spiro atoms. The number of urea groups is 1. The Kier molecular flexibility index (Phi) is 8.36. The fourth-order valence-electron chi connectivity index (χ4n) is 5.81. The molecule has 0 radical (unpaired) electrons. The van der Waals surface area contributed by atoms with Crippen molar-refractivity contribution in [3.63, 3.8) is 0 Å². The lowest BCUT2D eigenvalue weighted by Crippen LogP contribution is -2.60. The van der Waals surface area contributed by atoms with E-state index in [0.717, 1.165) is 17.7 Å². The number of imide groups is 1. The number of carbonyl (C=O) groups excluding carboxylic acids is 5. The third kappa shape index (κ3) is 6.09. The van der Waals surface area contributed by atoms with E-state index in [2.05, 4.69) is 10.6 Å². The lowest BCUT2D eigenvalue weighted by molar-refractivity contribution is -0.139. The number of piperidine rings is 1. The van der Waals surface area contributed by atoms with Crippen LogP contribution in [-0.2, 0) is 20.6 Å². The molecule has 1 atom stereocenters. The Hall–Kier alpha value is -4.49. The van der Waals surface area contributed by atoms with Crippen molar-refractivity contribution in [2.75, 3.05) is 30.4 Å². The molecule has 0 aromatic heterocycles. The standard InChI is InChI=1S/C31H33F4N5O5/c1-17(2)24(37-26(42)22-16-19(31(33,34)35)6-11-23(22)32)27(43)39-14-12-30(13-15-39)28(44)38(3)29(45)40(30)21-9-7-20(8-10-21)36-25(41)18-4-5-18/h6-11,16-18,24H,4-5,12-15H2,1-3H3,(H,36,41)(H,37,42)/t24-/m1/s1. The van der Waals surface area contributed by atoms with Gasteiger partial charge in [-0.2, -0.15) is 13.2 Å². The van der Waals surface area contributed by atoms with E-state index in [9.17, 15) is 41.5 Å². The Morgan fingerprint density at radius 3 is 2.16 bits per heavy atom. The highest BCUT2D eigenvalue weighted by Gasteiger charge is 2.58. The summed E-state index contributed by atoms with van der Waals surface area (Å²) in [5.74, 6) is -3.88. The summed E-state index contributed by atoms with van der Waals surface area (Å²) in [6, 6.07) is 6.34. The van der Waals surface area contributed by atoms with Crippen molar-refractivity contribution in [3.05, 3.63) is 59.4 Å². The van der Waals surface area contributed by atoms with Crippen LogP contribution in [0.15, 0.2) is 42.5 Å². The molecule has 0 bridgehead atoms. The molecule has 0 unspecified atom stereocenters. The number of rotatable bonds is 7. The second-order valence-corrected chi connectivity index (χ2v) is 12.0. The largest absolute Gasteiger partial charge is 0.416 e. The SMILES string of the molecule is CC(C)[C@@H](NC(=O)c1cc(C(F)(F)F)ccc1F)C(=O)N1CCC2(CC1)C(=O)N(C)C(=O)N2c1ccc(NC(=O)C2CC2)cc1. The van der Waals surface area contributed by atoms with Crippen LogP contribution >= 0.6 is 0 Å². The first kappa shape index (κ1) is 31.9. The predicted octanol–water partition coefficient (Wildman–Crippen LogP) is 4.41. The van der Waals surface area contributed by atoms with E-state index in [4.69, 9.17) is 0 Å². The minimum absolute atomic E-state index is 0.0117. The molecule has 2 N–H and O–H groups in total. The van der Waals surface area contributed by atoms with E-state index in [-0.39, 0.29) is 37.8 Å². The van der Waals surface area contributed by atoms with Crippen molar-refractivity contribution in [1.29, 1.82) is 0 Å². The minimum Gasteiger partial charge on any atom is -0.341 e. The van der Waals surface area contributed by atoms with Gasteiger partial charge in [0.2, 0.25) is 11.8 Å². The van der Waals surface area contributed by atoms with E-state index in [1.165, 1.54) is 16.8 Å². The number of halogens is 4. The van der Waals surface area contributed by atoms with Gasteiger partial charge in [0.25, 0.3) is 11.8 Å². The van der Waals surface area contributed by atoms with E-state index in [0.29, 0.717) is 29.6 Å². The highest BCUT2D eigenvalue weighted by molar-refractivity contribution is 6.17. The van der Waals surface area contributed by atoms with Crippen molar-refractivity contribution in [2.24, 2.45) is 11.8 Å². The molecule has 45 heavy (non-hydrogen) atoms. The number of anilines is 2. The van der Waals surface area contributed by atoms with Crippen LogP contribution in [0.1, 0.15) is 55.5 Å². The molecule has 14 heteroatoms. The fraction of sp³-hybridized carbons (Fsp3) is 0.452. The molecule has 6 amide bonds. The maximum Gasteiger partial charge on any atom is 0.416 e. The Morgan fingerprint density at radius 1 is 0.978 bits per heavy atom. The van der Waals surface area contributed by atoms with Crippen LogP contribution in [0, 0.1) is 17.7 Å². The highest BCUT2D eigenvalue weighted by atomic mass is 19.4. The first-order chi connectivity index (χ1) is 21.1. The molecule has 3 fully saturated rings. The highest BCUT2D eigenvalue weighted by Crippen LogP contribution is 2.41. The zero-order chi connectivity index (χ0) is 32.8. The zero-order valence-corrected chi connectivity index (χ0v) is 24.9. The van der Waals surface area contributed by atoms with E-state index < -0.39 is 64.4 Å². The summed E-state index contributed by atoms with van der Waals surface area (Å²) in [6.07, 6.45) is -2.94. The van der Waals surface area contributed by atoms with Crippen LogP contribution in [-0.4, -0.2) is 71.2 Å². The van der Waals surface area contributed by atoms with Crippen LogP contribution in [0.25, 0.3) is 0 Å². The van der Waals surface area contributed by atoms with Crippen LogP contribution in [0.5, 0.6) is 0 Å². The van der Waals surface area contributed by atoms with Crippen molar-refractivity contribution in [2.45, 2.75) is 57.3 Å². The Bertz CT molecular complexity index is 1530. The summed E-state index contributed by atoms with van der Waals surface area (Å²) >= 11 is 0. The van der Waals surface area contributed by atoms with Gasteiger partial charge in [-0.05, 0) is 74.1 Å². The molecule has 2 aromatic rings. The molecular weight excluding hydrogens is 598 g/mol. The van der Waals surface area contributed by atoms with Gasteiger partial charge in [-0.1, -0.05) is 13.8 Å². The van der Waals surface area contributed by atoms with Crippen LogP contribution in [0.3, 0.4) is 0 Å². The van der Waals surface area contributed by atoms with Gasteiger partial charge < -0.3 is 15.5 Å². The van der Waals surface area contributed by atoms with Gasteiger partial charge in [0.1, 0.15) is 17.4 Å². The van der Waals surface area contributed by atoms with Gasteiger partial charge in [0.05, 0.1) is 11.1 Å². The van der Waals surface area contributed by atoms with Crippen LogP contribution < -0.4 is 15.5 Å². The molecule has 2 saturated heterocycles. The Balaban J connectivity index is 1.31. The number of carbonyl (C=O) groups is 5. The number of likely N-dealkylation sites (tertiary alicyclic amines) is 1. The third-order valence-electron chi connectivity index (χ3n) is 8.61. The average Bonchev–Trinajstić information content (AvgIpc) is 3.83. The average molecular weight is 632 g/mol. The molecule has 240 valence electrons. The van der Waals surface area contributed by atoms with Crippen molar-refractivity contribution >= 4 is 41.0 Å². The van der Waals surface area contributed by atoms with Gasteiger partial charge in [-0.25, -0.2) is 9.18 Å². The smallest absolute Gasteiger partial charge is 0.341 e. The number of hydrogen-bond donors (Lipinski definition) is 2. The number of benzene rings is 2. The van der Waals surface area contributed by atoms with E-state index in [1.54, 1.807) is 38.1 Å². The van der Waals surface area contributed by atoms with Crippen molar-refractivity contribution in [3.8, 4) is 0 Å². The van der Waals surface area contributed by atoms with Gasteiger partial charge >= 0.3 is 12.2 Å². The Morgan fingerprint density at radius 2 is 1.60 bits per heavy atom. The molecule has 2 aliphatic heterocycles.